The molecule has 0 spiro atoms. The zero-order chi connectivity index (χ0) is 11.3. The molecule has 2 atom stereocenters. The van der Waals surface area contributed by atoms with Crippen molar-refractivity contribution in [2.75, 3.05) is 0 Å². The van der Waals surface area contributed by atoms with E-state index in [-0.39, 0.29) is 11.7 Å². The van der Waals surface area contributed by atoms with E-state index in [1.165, 1.54) is 0 Å². The van der Waals surface area contributed by atoms with Crippen LogP contribution in [0, 0.1) is 11.8 Å². The fourth-order valence-corrected chi connectivity index (χ4v) is 2.80. The Morgan fingerprint density at radius 1 is 1.50 bits per heavy atom. The predicted octanol–water partition coefficient (Wildman–Crippen LogP) is 3.77. The number of carbonyl (C=O) groups is 1. The molecule has 0 saturated heterocycles. The summed E-state index contributed by atoms with van der Waals surface area (Å²) in [5.74, 6) is 1.08. The number of nitrogens with one attached hydrogen (secondary N) is 1. The third-order valence-electron chi connectivity index (χ3n) is 3.37. The molecule has 1 aliphatic rings. The van der Waals surface area contributed by atoms with Gasteiger partial charge >= 0.3 is 0 Å². The Morgan fingerprint density at radius 2 is 2.25 bits per heavy atom. The number of aromatic nitrogens is 1. The molecule has 1 aromatic carbocycles. The molecule has 2 nitrogen and oxygen atoms in total. The van der Waals surface area contributed by atoms with E-state index in [1.54, 1.807) is 0 Å². The number of benzene rings is 1. The van der Waals surface area contributed by atoms with Crippen LogP contribution in [0.2, 0.25) is 0 Å². The Bertz CT molecular complexity index is 572. The van der Waals surface area contributed by atoms with E-state index in [0.29, 0.717) is 5.92 Å². The highest BCUT2D eigenvalue weighted by Crippen LogP contribution is 2.42. The van der Waals surface area contributed by atoms with Crippen LogP contribution >= 0.6 is 15.9 Å². The molecule has 1 saturated carbocycles. The van der Waals surface area contributed by atoms with E-state index in [4.69, 9.17) is 0 Å². The van der Waals surface area contributed by atoms with E-state index in [9.17, 15) is 4.79 Å². The van der Waals surface area contributed by atoms with E-state index in [0.717, 1.165) is 27.4 Å². The summed E-state index contributed by atoms with van der Waals surface area (Å²) in [6, 6.07) is 5.94. The number of hydrogen-bond donors (Lipinski definition) is 1. The molecule has 0 aliphatic heterocycles. The number of halogens is 1. The lowest BCUT2D eigenvalue weighted by Crippen LogP contribution is -2.01. The molecule has 1 aliphatic carbocycles. The van der Waals surface area contributed by atoms with Crippen molar-refractivity contribution in [1.82, 2.24) is 4.98 Å². The third kappa shape index (κ3) is 1.42. The maximum atomic E-state index is 12.2. The lowest BCUT2D eigenvalue weighted by atomic mass is 10.1. The number of fused-ring (bicyclic) bond motifs is 1. The summed E-state index contributed by atoms with van der Waals surface area (Å²) in [6.07, 6.45) is 2.87. The van der Waals surface area contributed by atoms with Gasteiger partial charge in [0.2, 0.25) is 0 Å². The summed E-state index contributed by atoms with van der Waals surface area (Å²) in [5.41, 5.74) is 1.85. The van der Waals surface area contributed by atoms with Gasteiger partial charge in [0.15, 0.2) is 5.78 Å². The van der Waals surface area contributed by atoms with Crippen molar-refractivity contribution in [2.45, 2.75) is 13.3 Å². The van der Waals surface area contributed by atoms with Gasteiger partial charge in [-0.3, -0.25) is 4.79 Å². The van der Waals surface area contributed by atoms with Crippen LogP contribution in [0.5, 0.6) is 0 Å². The minimum Gasteiger partial charge on any atom is -0.360 e. The second-order valence-corrected chi connectivity index (χ2v) is 5.40. The van der Waals surface area contributed by atoms with Gasteiger partial charge < -0.3 is 4.98 Å². The second-order valence-electron chi connectivity index (χ2n) is 4.55. The predicted molar refractivity (Wildman–Crippen MR) is 67.6 cm³/mol. The van der Waals surface area contributed by atoms with Crippen molar-refractivity contribution >= 4 is 32.6 Å². The Balaban J connectivity index is 2.13. The number of ketones is 1. The van der Waals surface area contributed by atoms with Crippen LogP contribution in [0.25, 0.3) is 10.9 Å². The monoisotopic (exact) mass is 277 g/mol. The first-order valence-electron chi connectivity index (χ1n) is 5.48. The molecule has 0 radical (unpaired) electrons. The summed E-state index contributed by atoms with van der Waals surface area (Å²) in [7, 11) is 0. The highest BCUT2D eigenvalue weighted by Gasteiger charge is 2.40. The molecule has 1 N–H and O–H groups in total. The van der Waals surface area contributed by atoms with Gasteiger partial charge in [-0.1, -0.05) is 28.9 Å². The van der Waals surface area contributed by atoms with Crippen LogP contribution < -0.4 is 0 Å². The molecule has 3 rings (SSSR count). The summed E-state index contributed by atoms with van der Waals surface area (Å²) in [6.45, 7) is 2.13. The van der Waals surface area contributed by atoms with Gasteiger partial charge in [-0.2, -0.15) is 0 Å². The normalized spacial score (nSPS) is 23.6. The van der Waals surface area contributed by atoms with Gasteiger partial charge in [-0.15, -0.1) is 0 Å². The van der Waals surface area contributed by atoms with Gasteiger partial charge in [0.05, 0.1) is 0 Å². The number of Topliss-reactive ketones (excluding diaryl/α,β-unsaturated/α-hetero) is 1. The molecule has 1 aromatic heterocycles. The maximum absolute atomic E-state index is 12.2. The molecule has 82 valence electrons. The molecular formula is C13H12BrNO. The van der Waals surface area contributed by atoms with E-state index < -0.39 is 0 Å². The zero-order valence-corrected chi connectivity index (χ0v) is 10.5. The first-order valence-corrected chi connectivity index (χ1v) is 6.27. The molecule has 16 heavy (non-hydrogen) atoms. The number of H-pyrrole nitrogens is 1. The van der Waals surface area contributed by atoms with E-state index in [1.807, 2.05) is 24.4 Å². The van der Waals surface area contributed by atoms with Crippen molar-refractivity contribution in [1.29, 1.82) is 0 Å². The van der Waals surface area contributed by atoms with E-state index >= 15 is 0 Å². The molecule has 2 unspecified atom stereocenters. The third-order valence-corrected chi connectivity index (χ3v) is 4.03. The molecule has 0 bridgehead atoms. The highest BCUT2D eigenvalue weighted by atomic mass is 79.9. The second kappa shape index (κ2) is 3.45. The first-order chi connectivity index (χ1) is 7.68. The van der Waals surface area contributed by atoms with Crippen molar-refractivity contribution in [2.24, 2.45) is 11.8 Å². The topological polar surface area (TPSA) is 32.9 Å². The van der Waals surface area contributed by atoms with Gasteiger partial charge in [-0.05, 0) is 24.5 Å². The van der Waals surface area contributed by atoms with Crippen LogP contribution in [-0.4, -0.2) is 10.8 Å². The lowest BCUT2D eigenvalue weighted by Gasteiger charge is -1.99. The van der Waals surface area contributed by atoms with Crippen molar-refractivity contribution in [3.63, 3.8) is 0 Å². The number of aromatic amines is 1. The van der Waals surface area contributed by atoms with Crippen LogP contribution in [0.15, 0.2) is 28.9 Å². The largest absolute Gasteiger partial charge is 0.360 e. The zero-order valence-electron chi connectivity index (χ0n) is 8.96. The van der Waals surface area contributed by atoms with Crippen LogP contribution in [-0.2, 0) is 0 Å². The van der Waals surface area contributed by atoms with Crippen molar-refractivity contribution < 1.29 is 4.79 Å². The fraction of sp³-hybridized carbons (Fsp3) is 0.308. The number of hydrogen-bond acceptors (Lipinski definition) is 1. The number of carbonyl (C=O) groups excluding carboxylic acids is 1. The van der Waals surface area contributed by atoms with E-state index in [2.05, 4.69) is 27.8 Å². The first kappa shape index (κ1) is 10.1. The Hall–Kier alpha value is -1.09. The SMILES string of the molecule is CC1CC1C(=O)c1c[nH]c2cccc(Br)c12. The minimum absolute atomic E-state index is 0.242. The quantitative estimate of drug-likeness (QED) is 0.833. The molecule has 3 heteroatoms. The summed E-state index contributed by atoms with van der Waals surface area (Å²) in [4.78, 5) is 15.4. The van der Waals surface area contributed by atoms with Crippen molar-refractivity contribution in [3.05, 3.63) is 34.4 Å². The molecular weight excluding hydrogens is 266 g/mol. The summed E-state index contributed by atoms with van der Waals surface area (Å²) < 4.78 is 0.989. The molecule has 1 fully saturated rings. The van der Waals surface area contributed by atoms with Crippen LogP contribution in [0.1, 0.15) is 23.7 Å². The molecule has 2 aromatic rings. The lowest BCUT2D eigenvalue weighted by molar-refractivity contribution is 0.0964. The number of rotatable bonds is 2. The molecule has 0 amide bonds. The van der Waals surface area contributed by atoms with Gasteiger partial charge in [0.1, 0.15) is 0 Å². The van der Waals surface area contributed by atoms with Crippen LogP contribution in [0.4, 0.5) is 0 Å². The van der Waals surface area contributed by atoms with Crippen LogP contribution in [0.3, 0.4) is 0 Å². The highest BCUT2D eigenvalue weighted by molar-refractivity contribution is 9.10. The Morgan fingerprint density at radius 3 is 2.94 bits per heavy atom. The van der Waals surface area contributed by atoms with Gasteiger partial charge in [0.25, 0.3) is 0 Å². The summed E-state index contributed by atoms with van der Waals surface area (Å²) >= 11 is 3.51. The fourth-order valence-electron chi connectivity index (χ4n) is 2.22. The smallest absolute Gasteiger partial charge is 0.168 e. The van der Waals surface area contributed by atoms with Crippen molar-refractivity contribution in [3.8, 4) is 0 Å². The average molecular weight is 278 g/mol. The van der Waals surface area contributed by atoms with Gasteiger partial charge in [-0.25, -0.2) is 0 Å². The average Bonchev–Trinajstić information content (AvgIpc) is 2.83. The maximum Gasteiger partial charge on any atom is 0.168 e. The van der Waals surface area contributed by atoms with Gasteiger partial charge in [0, 0.05) is 33.1 Å². The minimum atomic E-state index is 0.242. The standard InChI is InChI=1S/C13H12BrNO/c1-7-5-8(7)13(16)9-6-15-11-4-2-3-10(14)12(9)11/h2-4,6-8,15H,5H2,1H3. The summed E-state index contributed by atoms with van der Waals surface area (Å²) in [5, 5.41) is 1.02. The Labute approximate surface area is 102 Å². The Kier molecular flexibility index (Phi) is 2.18. The molecule has 1 heterocycles.